The third-order valence-corrected chi connectivity index (χ3v) is 4.72. The minimum atomic E-state index is -0.248. The average Bonchev–Trinajstić information content (AvgIpc) is 2.98. The summed E-state index contributed by atoms with van der Waals surface area (Å²) >= 11 is 0. The third kappa shape index (κ3) is 3.43. The highest BCUT2D eigenvalue weighted by Crippen LogP contribution is 2.36. The normalized spacial score (nSPS) is 30.1. The van der Waals surface area contributed by atoms with Crippen LogP contribution in [0.2, 0.25) is 0 Å². The lowest BCUT2D eigenvalue weighted by Gasteiger charge is -2.26. The number of hydrogen-bond donors (Lipinski definition) is 2. The molecule has 3 atom stereocenters. The monoisotopic (exact) mass is 292 g/mol. The molecule has 3 rings (SSSR count). The van der Waals surface area contributed by atoms with E-state index in [0.717, 1.165) is 31.1 Å². The smallest absolute Gasteiger partial charge is 0.237 e. The fourth-order valence-electron chi connectivity index (χ4n) is 3.40. The van der Waals surface area contributed by atoms with Crippen LogP contribution in [0.4, 0.5) is 0 Å². The van der Waals surface area contributed by atoms with E-state index in [9.17, 15) is 4.79 Å². The van der Waals surface area contributed by atoms with Gasteiger partial charge < -0.3 is 15.2 Å². The van der Waals surface area contributed by atoms with Gasteiger partial charge >= 0.3 is 0 Å². The van der Waals surface area contributed by atoms with Gasteiger partial charge in [-0.2, -0.15) is 4.98 Å². The number of carbonyl (C=O) groups excluding carboxylic acids is 1. The maximum atomic E-state index is 11.7. The molecule has 2 N–H and O–H groups in total. The largest absolute Gasteiger partial charge is 0.353 e. The van der Waals surface area contributed by atoms with Crippen molar-refractivity contribution in [2.75, 3.05) is 13.1 Å². The molecule has 21 heavy (non-hydrogen) atoms. The van der Waals surface area contributed by atoms with Gasteiger partial charge in [0.05, 0.1) is 12.5 Å². The van der Waals surface area contributed by atoms with Crippen molar-refractivity contribution >= 4 is 5.91 Å². The first-order chi connectivity index (χ1) is 10.3. The number of hydrogen-bond acceptors (Lipinski definition) is 5. The van der Waals surface area contributed by atoms with Gasteiger partial charge in [-0.1, -0.05) is 31.3 Å². The van der Waals surface area contributed by atoms with Gasteiger partial charge in [-0.05, 0) is 18.8 Å². The Morgan fingerprint density at radius 2 is 2.24 bits per heavy atom. The third-order valence-electron chi connectivity index (χ3n) is 4.72. The molecule has 1 aromatic heterocycles. The van der Waals surface area contributed by atoms with Gasteiger partial charge in [-0.3, -0.25) is 4.79 Å². The maximum Gasteiger partial charge on any atom is 0.237 e. The first kappa shape index (κ1) is 14.5. The van der Waals surface area contributed by atoms with Gasteiger partial charge in [0.25, 0.3) is 0 Å². The molecule has 1 aliphatic heterocycles. The van der Waals surface area contributed by atoms with Crippen molar-refractivity contribution in [2.45, 2.75) is 57.4 Å². The van der Waals surface area contributed by atoms with Crippen molar-refractivity contribution in [3.8, 4) is 0 Å². The molecule has 1 saturated heterocycles. The highest BCUT2D eigenvalue weighted by Gasteiger charge is 2.28. The van der Waals surface area contributed by atoms with E-state index in [-0.39, 0.29) is 11.9 Å². The standard InChI is InChI=1S/C15H24N4O2/c1-2-10-4-3-5-11(8-10)14-18-13(21-19-14)9-12-15(20)17-7-6-16-12/h10-12,16H,2-9H2,1H3,(H,17,20). The Hall–Kier alpha value is -1.43. The van der Waals surface area contributed by atoms with Crippen LogP contribution in [0.3, 0.4) is 0 Å². The number of aromatic nitrogens is 2. The molecule has 2 fully saturated rings. The topological polar surface area (TPSA) is 80.0 Å². The molecule has 3 unspecified atom stereocenters. The van der Waals surface area contributed by atoms with Crippen molar-refractivity contribution in [1.82, 2.24) is 20.8 Å². The number of amides is 1. The van der Waals surface area contributed by atoms with Crippen molar-refractivity contribution in [3.63, 3.8) is 0 Å². The Morgan fingerprint density at radius 3 is 3.05 bits per heavy atom. The Bertz CT molecular complexity index is 488. The Morgan fingerprint density at radius 1 is 1.33 bits per heavy atom. The number of carbonyl (C=O) groups is 1. The lowest BCUT2D eigenvalue weighted by molar-refractivity contribution is -0.124. The fourth-order valence-corrected chi connectivity index (χ4v) is 3.40. The maximum absolute atomic E-state index is 11.7. The van der Waals surface area contributed by atoms with Crippen LogP contribution in [-0.2, 0) is 11.2 Å². The summed E-state index contributed by atoms with van der Waals surface area (Å²) in [6.07, 6.45) is 6.59. The summed E-state index contributed by atoms with van der Waals surface area (Å²) in [7, 11) is 0. The molecule has 116 valence electrons. The molecule has 6 heteroatoms. The van der Waals surface area contributed by atoms with Gasteiger partial charge in [0.1, 0.15) is 0 Å². The van der Waals surface area contributed by atoms with E-state index in [1.54, 1.807) is 0 Å². The van der Waals surface area contributed by atoms with Crippen molar-refractivity contribution in [1.29, 1.82) is 0 Å². The summed E-state index contributed by atoms with van der Waals surface area (Å²) in [4.78, 5) is 16.3. The molecule has 6 nitrogen and oxygen atoms in total. The zero-order valence-corrected chi connectivity index (χ0v) is 12.6. The van der Waals surface area contributed by atoms with Crippen molar-refractivity contribution in [2.24, 2.45) is 5.92 Å². The van der Waals surface area contributed by atoms with E-state index in [1.165, 1.54) is 19.3 Å². The number of rotatable bonds is 4. The van der Waals surface area contributed by atoms with E-state index >= 15 is 0 Å². The molecule has 1 amide bonds. The molecule has 2 heterocycles. The molecule has 0 aromatic carbocycles. The predicted molar refractivity (Wildman–Crippen MR) is 77.8 cm³/mol. The van der Waals surface area contributed by atoms with Crippen LogP contribution >= 0.6 is 0 Å². The Kier molecular flexibility index (Phi) is 4.53. The first-order valence-electron chi connectivity index (χ1n) is 8.09. The first-order valence-corrected chi connectivity index (χ1v) is 8.09. The molecule has 0 bridgehead atoms. The quantitative estimate of drug-likeness (QED) is 0.876. The van der Waals surface area contributed by atoms with Gasteiger partial charge in [-0.15, -0.1) is 0 Å². The fraction of sp³-hybridized carbons (Fsp3) is 0.800. The summed E-state index contributed by atoms with van der Waals surface area (Å²) in [5.41, 5.74) is 0. The van der Waals surface area contributed by atoms with Crippen molar-refractivity contribution in [3.05, 3.63) is 11.7 Å². The molecular weight excluding hydrogens is 268 g/mol. The predicted octanol–water partition coefficient (Wildman–Crippen LogP) is 1.38. The van der Waals surface area contributed by atoms with Crippen LogP contribution in [0.5, 0.6) is 0 Å². The van der Waals surface area contributed by atoms with E-state index < -0.39 is 0 Å². The second kappa shape index (κ2) is 6.56. The second-order valence-corrected chi connectivity index (χ2v) is 6.19. The SMILES string of the molecule is CCC1CCCC(c2noc(CC3NCCNC3=O)n2)C1. The highest BCUT2D eigenvalue weighted by atomic mass is 16.5. The zero-order chi connectivity index (χ0) is 14.7. The minimum absolute atomic E-state index is 0.0183. The Balaban J connectivity index is 1.61. The van der Waals surface area contributed by atoms with E-state index in [1.807, 2.05) is 0 Å². The summed E-state index contributed by atoms with van der Waals surface area (Å²) in [5.74, 6) is 2.63. The second-order valence-electron chi connectivity index (χ2n) is 6.19. The number of nitrogens with zero attached hydrogens (tertiary/aromatic N) is 2. The zero-order valence-electron chi connectivity index (χ0n) is 12.6. The van der Waals surface area contributed by atoms with Crippen molar-refractivity contribution < 1.29 is 9.32 Å². The Labute approximate surface area is 125 Å². The molecule has 1 aliphatic carbocycles. The summed E-state index contributed by atoms with van der Waals surface area (Å²) in [5, 5.41) is 10.2. The van der Waals surface area contributed by atoms with Gasteiger partial charge in [0, 0.05) is 19.0 Å². The van der Waals surface area contributed by atoms with Crippen LogP contribution < -0.4 is 10.6 Å². The summed E-state index contributed by atoms with van der Waals surface area (Å²) < 4.78 is 5.36. The number of piperazine rings is 1. The summed E-state index contributed by atoms with van der Waals surface area (Å²) in [6, 6.07) is -0.248. The molecule has 0 radical (unpaired) electrons. The van der Waals surface area contributed by atoms with Gasteiger partial charge in [0.15, 0.2) is 5.82 Å². The minimum Gasteiger partial charge on any atom is -0.353 e. The molecule has 2 aliphatic rings. The molecule has 1 saturated carbocycles. The van der Waals surface area contributed by atoms with Crippen LogP contribution in [0.15, 0.2) is 4.52 Å². The van der Waals surface area contributed by atoms with Crippen LogP contribution in [-0.4, -0.2) is 35.2 Å². The lowest BCUT2D eigenvalue weighted by atomic mass is 9.80. The van der Waals surface area contributed by atoms with Crippen LogP contribution in [0.1, 0.15) is 56.7 Å². The van der Waals surface area contributed by atoms with Gasteiger partial charge in [-0.25, -0.2) is 0 Å². The van der Waals surface area contributed by atoms with Gasteiger partial charge in [0.2, 0.25) is 11.8 Å². The average molecular weight is 292 g/mol. The highest BCUT2D eigenvalue weighted by molar-refractivity contribution is 5.82. The summed E-state index contributed by atoms with van der Waals surface area (Å²) in [6.45, 7) is 3.73. The van der Waals surface area contributed by atoms with E-state index in [2.05, 4.69) is 27.7 Å². The molecule has 0 spiro atoms. The molecular formula is C15H24N4O2. The van der Waals surface area contributed by atoms with E-state index in [4.69, 9.17) is 4.52 Å². The van der Waals surface area contributed by atoms with Crippen LogP contribution in [0.25, 0.3) is 0 Å². The van der Waals surface area contributed by atoms with Crippen LogP contribution in [0, 0.1) is 5.92 Å². The van der Waals surface area contributed by atoms with E-state index in [0.29, 0.717) is 24.8 Å². The number of nitrogens with one attached hydrogen (secondary N) is 2. The molecule has 1 aromatic rings. The lowest BCUT2D eigenvalue weighted by Crippen LogP contribution is -2.53.